The highest BCUT2D eigenvalue weighted by Crippen LogP contribution is 2.13. The van der Waals surface area contributed by atoms with Gasteiger partial charge in [0.25, 0.3) is 0 Å². The second kappa shape index (κ2) is 13.7. The molecule has 0 bridgehead atoms. The lowest BCUT2D eigenvalue weighted by molar-refractivity contribution is 0.317. The predicted octanol–water partition coefficient (Wildman–Crippen LogP) is 6.19. The lowest BCUT2D eigenvalue weighted by Crippen LogP contribution is -1.94. The average molecular weight is 285 g/mol. The minimum absolute atomic E-state index is 0.564. The molecule has 0 atom stereocenters. The summed E-state index contributed by atoms with van der Waals surface area (Å²) in [4.78, 5) is 0. The standard InChI is InChI=1S/C10H13ClO.C7H16/c1-2-7-12-10-5-3-9(8-11)4-6-10;1-3-5-7-6-4-2/h3-6H,2,7-8H2,1H3;3-7H2,1-2H3. The van der Waals surface area contributed by atoms with E-state index in [0.29, 0.717) is 5.88 Å². The van der Waals surface area contributed by atoms with E-state index in [4.69, 9.17) is 16.3 Å². The van der Waals surface area contributed by atoms with E-state index < -0.39 is 0 Å². The van der Waals surface area contributed by atoms with Crippen LogP contribution in [0.3, 0.4) is 0 Å². The molecule has 0 aromatic heterocycles. The summed E-state index contributed by atoms with van der Waals surface area (Å²) in [5.41, 5.74) is 1.13. The van der Waals surface area contributed by atoms with Gasteiger partial charge < -0.3 is 4.74 Å². The predicted molar refractivity (Wildman–Crippen MR) is 86.2 cm³/mol. The molecule has 2 heteroatoms. The van der Waals surface area contributed by atoms with Crippen LogP contribution in [0, 0.1) is 0 Å². The van der Waals surface area contributed by atoms with E-state index in [2.05, 4.69) is 20.8 Å². The fraction of sp³-hybridized carbons (Fsp3) is 0.647. The number of benzene rings is 1. The van der Waals surface area contributed by atoms with E-state index in [9.17, 15) is 0 Å². The van der Waals surface area contributed by atoms with Crippen molar-refractivity contribution in [3.8, 4) is 5.75 Å². The van der Waals surface area contributed by atoms with Gasteiger partial charge in [-0.05, 0) is 24.1 Å². The van der Waals surface area contributed by atoms with Crippen LogP contribution in [0.2, 0.25) is 0 Å². The van der Waals surface area contributed by atoms with Crippen LogP contribution in [0.4, 0.5) is 0 Å². The summed E-state index contributed by atoms with van der Waals surface area (Å²) in [6, 6.07) is 7.87. The monoisotopic (exact) mass is 284 g/mol. The zero-order valence-corrected chi connectivity index (χ0v) is 13.5. The molecular weight excluding hydrogens is 256 g/mol. The third-order valence-electron chi connectivity index (χ3n) is 2.76. The molecule has 0 amide bonds. The molecule has 0 aliphatic rings. The number of rotatable bonds is 8. The Morgan fingerprint density at radius 2 is 1.42 bits per heavy atom. The molecule has 19 heavy (non-hydrogen) atoms. The molecule has 1 rings (SSSR count). The molecule has 0 fully saturated rings. The van der Waals surface area contributed by atoms with Crippen LogP contribution in [0.25, 0.3) is 0 Å². The Bertz CT molecular complexity index is 278. The van der Waals surface area contributed by atoms with Crippen LogP contribution in [0.15, 0.2) is 24.3 Å². The van der Waals surface area contributed by atoms with Crippen molar-refractivity contribution in [2.24, 2.45) is 0 Å². The van der Waals surface area contributed by atoms with Crippen molar-refractivity contribution in [2.45, 2.75) is 65.2 Å². The average Bonchev–Trinajstić information content (AvgIpc) is 2.47. The number of unbranched alkanes of at least 4 members (excludes halogenated alkanes) is 4. The highest BCUT2D eigenvalue weighted by molar-refractivity contribution is 6.17. The van der Waals surface area contributed by atoms with Gasteiger partial charge in [-0.3, -0.25) is 0 Å². The van der Waals surface area contributed by atoms with Crippen molar-refractivity contribution in [1.29, 1.82) is 0 Å². The van der Waals surface area contributed by atoms with E-state index in [1.54, 1.807) is 0 Å². The molecule has 0 spiro atoms. The molecule has 0 heterocycles. The molecular formula is C17H29ClO. The Labute approximate surface area is 124 Å². The van der Waals surface area contributed by atoms with Crippen LogP contribution in [-0.4, -0.2) is 6.61 Å². The highest BCUT2D eigenvalue weighted by Gasteiger charge is 1.92. The van der Waals surface area contributed by atoms with E-state index in [-0.39, 0.29) is 0 Å². The van der Waals surface area contributed by atoms with Gasteiger partial charge >= 0.3 is 0 Å². The SMILES string of the molecule is CCCCCCC.CCCOc1ccc(CCl)cc1. The Morgan fingerprint density at radius 1 is 0.842 bits per heavy atom. The molecule has 0 saturated heterocycles. The molecule has 1 aromatic rings. The van der Waals surface area contributed by atoms with Crippen molar-refractivity contribution in [2.75, 3.05) is 6.61 Å². The number of ether oxygens (including phenoxy) is 1. The summed E-state index contributed by atoms with van der Waals surface area (Å²) in [5.74, 6) is 1.49. The van der Waals surface area contributed by atoms with Crippen molar-refractivity contribution >= 4 is 11.6 Å². The fourth-order valence-corrected chi connectivity index (χ4v) is 1.75. The number of hydrogen-bond acceptors (Lipinski definition) is 1. The van der Waals surface area contributed by atoms with Gasteiger partial charge in [0.1, 0.15) is 5.75 Å². The largest absolute Gasteiger partial charge is 0.494 e. The zero-order chi connectivity index (χ0) is 14.3. The van der Waals surface area contributed by atoms with E-state index in [1.165, 1.54) is 32.1 Å². The number of halogens is 1. The van der Waals surface area contributed by atoms with Crippen molar-refractivity contribution in [3.05, 3.63) is 29.8 Å². The Hall–Kier alpha value is -0.690. The van der Waals surface area contributed by atoms with E-state index in [0.717, 1.165) is 24.3 Å². The second-order valence-corrected chi connectivity index (χ2v) is 4.95. The third-order valence-corrected chi connectivity index (χ3v) is 3.07. The van der Waals surface area contributed by atoms with E-state index >= 15 is 0 Å². The van der Waals surface area contributed by atoms with Crippen LogP contribution < -0.4 is 4.74 Å². The molecule has 0 saturated carbocycles. The van der Waals surface area contributed by atoms with Gasteiger partial charge in [-0.25, -0.2) is 0 Å². The zero-order valence-electron chi connectivity index (χ0n) is 12.8. The van der Waals surface area contributed by atoms with Gasteiger partial charge in [0, 0.05) is 5.88 Å². The Morgan fingerprint density at radius 3 is 1.84 bits per heavy atom. The third kappa shape index (κ3) is 10.9. The van der Waals surface area contributed by atoms with Gasteiger partial charge in [0.05, 0.1) is 6.61 Å². The highest BCUT2D eigenvalue weighted by atomic mass is 35.5. The summed E-state index contributed by atoms with van der Waals surface area (Å²) in [5, 5.41) is 0. The fourth-order valence-electron chi connectivity index (χ4n) is 1.57. The Balaban J connectivity index is 0.000000399. The maximum atomic E-state index is 5.64. The normalized spacial score (nSPS) is 9.68. The summed E-state index contributed by atoms with van der Waals surface area (Å²) in [7, 11) is 0. The first-order valence-corrected chi connectivity index (χ1v) is 8.09. The minimum Gasteiger partial charge on any atom is -0.494 e. The van der Waals surface area contributed by atoms with Crippen LogP contribution in [0.1, 0.15) is 64.9 Å². The summed E-state index contributed by atoms with van der Waals surface area (Å²) >= 11 is 5.64. The summed E-state index contributed by atoms with van der Waals surface area (Å²) in [6.45, 7) is 7.36. The minimum atomic E-state index is 0.564. The smallest absolute Gasteiger partial charge is 0.119 e. The quantitative estimate of drug-likeness (QED) is 0.408. The van der Waals surface area contributed by atoms with Gasteiger partial charge in [-0.2, -0.15) is 0 Å². The van der Waals surface area contributed by atoms with Crippen LogP contribution in [0.5, 0.6) is 5.75 Å². The first kappa shape index (κ1) is 18.3. The first-order chi connectivity index (χ1) is 9.28. The van der Waals surface area contributed by atoms with Crippen molar-refractivity contribution in [3.63, 3.8) is 0 Å². The maximum Gasteiger partial charge on any atom is 0.119 e. The van der Waals surface area contributed by atoms with Crippen molar-refractivity contribution in [1.82, 2.24) is 0 Å². The van der Waals surface area contributed by atoms with Gasteiger partial charge in [0.15, 0.2) is 0 Å². The van der Waals surface area contributed by atoms with Gasteiger partial charge in [-0.15, -0.1) is 11.6 Å². The molecule has 0 aliphatic heterocycles. The molecule has 0 aliphatic carbocycles. The van der Waals surface area contributed by atoms with Gasteiger partial charge in [0.2, 0.25) is 0 Å². The lowest BCUT2D eigenvalue weighted by atomic mass is 10.2. The molecule has 0 radical (unpaired) electrons. The lowest BCUT2D eigenvalue weighted by Gasteiger charge is -2.03. The van der Waals surface area contributed by atoms with Crippen LogP contribution in [-0.2, 0) is 5.88 Å². The number of hydrogen-bond donors (Lipinski definition) is 0. The Kier molecular flexibility index (Phi) is 13.2. The molecule has 1 nitrogen and oxygen atoms in total. The topological polar surface area (TPSA) is 9.23 Å². The molecule has 1 aromatic carbocycles. The molecule has 0 unspecified atom stereocenters. The molecule has 0 N–H and O–H groups in total. The van der Waals surface area contributed by atoms with Crippen molar-refractivity contribution < 1.29 is 4.74 Å². The van der Waals surface area contributed by atoms with Crippen LogP contribution >= 0.6 is 11.6 Å². The van der Waals surface area contributed by atoms with E-state index in [1.807, 2.05) is 24.3 Å². The summed E-state index contributed by atoms with van der Waals surface area (Å²) in [6.07, 6.45) is 8.05. The second-order valence-electron chi connectivity index (χ2n) is 4.69. The number of alkyl halides is 1. The maximum absolute atomic E-state index is 5.64. The first-order valence-electron chi connectivity index (χ1n) is 7.56. The summed E-state index contributed by atoms with van der Waals surface area (Å²) < 4.78 is 5.41. The molecule has 110 valence electrons. The van der Waals surface area contributed by atoms with Gasteiger partial charge in [-0.1, -0.05) is 65.0 Å².